The van der Waals surface area contributed by atoms with Crippen molar-refractivity contribution < 1.29 is 13.7 Å². The Balaban J connectivity index is 2.03. The Labute approximate surface area is 180 Å². The first-order valence-corrected chi connectivity index (χ1v) is 11.9. The van der Waals surface area contributed by atoms with Crippen LogP contribution in [0.3, 0.4) is 0 Å². The topological polar surface area (TPSA) is 44.6 Å². The molecule has 1 fully saturated rings. The highest BCUT2D eigenvalue weighted by molar-refractivity contribution is 9.10. The van der Waals surface area contributed by atoms with Crippen LogP contribution in [0.1, 0.15) is 65.5 Å². The Morgan fingerprint density at radius 1 is 1.29 bits per heavy atom. The summed E-state index contributed by atoms with van der Waals surface area (Å²) in [5, 5.41) is 0. The number of benzene rings is 1. The molecular formula is C22H31BrFNO2S. The zero-order valence-corrected chi connectivity index (χ0v) is 20.0. The second-order valence-electron chi connectivity index (χ2n) is 9.57. The molecule has 1 aromatic carbocycles. The van der Waals surface area contributed by atoms with Gasteiger partial charge in [0.2, 0.25) is 0 Å². The minimum Gasteiger partial charge on any atom is -0.591 e. The van der Waals surface area contributed by atoms with Crippen LogP contribution in [0.4, 0.5) is 4.39 Å². The molecule has 0 amide bonds. The zero-order chi connectivity index (χ0) is 20.9. The number of ether oxygens (including phenoxy) is 1. The lowest BCUT2D eigenvalue weighted by atomic mass is 9.62. The fourth-order valence-electron chi connectivity index (χ4n) is 4.95. The van der Waals surface area contributed by atoms with E-state index >= 15 is 0 Å². The lowest BCUT2D eigenvalue weighted by Gasteiger charge is -2.45. The highest BCUT2D eigenvalue weighted by atomic mass is 79.9. The Morgan fingerprint density at radius 3 is 2.43 bits per heavy atom. The maximum absolute atomic E-state index is 13.5. The van der Waals surface area contributed by atoms with Crippen LogP contribution in [0.2, 0.25) is 0 Å². The van der Waals surface area contributed by atoms with E-state index in [0.29, 0.717) is 0 Å². The monoisotopic (exact) mass is 471 g/mol. The van der Waals surface area contributed by atoms with Crippen LogP contribution >= 0.6 is 15.9 Å². The summed E-state index contributed by atoms with van der Waals surface area (Å²) >= 11 is 2.25. The van der Waals surface area contributed by atoms with Gasteiger partial charge in [-0.15, -0.1) is 0 Å². The van der Waals surface area contributed by atoms with Gasteiger partial charge in [-0.25, -0.2) is 4.39 Å². The van der Waals surface area contributed by atoms with E-state index in [1.165, 1.54) is 12.5 Å². The SMILES string of the molecule is CC(F)OC1[C@H](C)CC2(Cc3ccc(Br)cc3C2=N[S+]([O-])C(C)(C)C)C[C@@H]1C. The lowest BCUT2D eigenvalue weighted by molar-refractivity contribution is -0.135. The summed E-state index contributed by atoms with van der Waals surface area (Å²) in [7, 11) is 0. The third-order valence-electron chi connectivity index (χ3n) is 5.95. The van der Waals surface area contributed by atoms with Gasteiger partial charge >= 0.3 is 0 Å². The van der Waals surface area contributed by atoms with Gasteiger partial charge in [0, 0.05) is 15.5 Å². The summed E-state index contributed by atoms with van der Waals surface area (Å²) in [6, 6.07) is 6.30. The van der Waals surface area contributed by atoms with Gasteiger partial charge in [0.1, 0.15) is 21.8 Å². The van der Waals surface area contributed by atoms with Gasteiger partial charge in [0.15, 0.2) is 6.36 Å². The van der Waals surface area contributed by atoms with Crippen molar-refractivity contribution in [2.75, 3.05) is 0 Å². The van der Waals surface area contributed by atoms with Crippen molar-refractivity contribution in [1.82, 2.24) is 0 Å². The van der Waals surface area contributed by atoms with Crippen molar-refractivity contribution in [3.8, 4) is 0 Å². The minimum atomic E-state index is -1.33. The smallest absolute Gasteiger partial charge is 0.196 e. The second kappa shape index (κ2) is 8.01. The second-order valence-corrected chi connectivity index (χ2v) is 12.4. The van der Waals surface area contributed by atoms with Gasteiger partial charge in [-0.05, 0) is 76.5 Å². The van der Waals surface area contributed by atoms with Crippen molar-refractivity contribution >= 4 is 33.0 Å². The number of rotatable bonds is 3. The van der Waals surface area contributed by atoms with Gasteiger partial charge in [-0.3, -0.25) is 0 Å². The first-order chi connectivity index (χ1) is 12.9. The average Bonchev–Trinajstić information content (AvgIpc) is 2.83. The van der Waals surface area contributed by atoms with E-state index in [-0.39, 0.29) is 23.4 Å². The maximum Gasteiger partial charge on any atom is 0.196 e. The van der Waals surface area contributed by atoms with E-state index in [0.717, 1.165) is 35.0 Å². The van der Waals surface area contributed by atoms with Crippen molar-refractivity contribution in [3.63, 3.8) is 0 Å². The Kier molecular flexibility index (Phi) is 6.37. The maximum atomic E-state index is 13.5. The van der Waals surface area contributed by atoms with E-state index in [2.05, 4.69) is 48.0 Å². The molecule has 4 unspecified atom stereocenters. The zero-order valence-electron chi connectivity index (χ0n) is 17.6. The summed E-state index contributed by atoms with van der Waals surface area (Å²) in [4.78, 5) is 0. The van der Waals surface area contributed by atoms with Crippen LogP contribution in [0.5, 0.6) is 0 Å². The molecule has 0 radical (unpaired) electrons. The van der Waals surface area contributed by atoms with Gasteiger partial charge in [-0.2, -0.15) is 0 Å². The Bertz CT molecular complexity index is 749. The third-order valence-corrected chi connectivity index (χ3v) is 7.84. The van der Waals surface area contributed by atoms with E-state index in [4.69, 9.17) is 9.13 Å². The van der Waals surface area contributed by atoms with Gasteiger partial charge in [-0.1, -0.05) is 40.2 Å². The summed E-state index contributed by atoms with van der Waals surface area (Å²) in [5.41, 5.74) is 3.15. The summed E-state index contributed by atoms with van der Waals surface area (Å²) in [5.74, 6) is 0.404. The molecule has 0 bridgehead atoms. The van der Waals surface area contributed by atoms with Crippen LogP contribution < -0.4 is 0 Å². The lowest BCUT2D eigenvalue weighted by Crippen LogP contribution is -2.46. The molecule has 0 saturated heterocycles. The molecule has 0 aliphatic heterocycles. The molecule has 0 N–H and O–H groups in total. The van der Waals surface area contributed by atoms with Gasteiger partial charge in [0.05, 0.1) is 6.10 Å². The van der Waals surface area contributed by atoms with E-state index in [1.807, 2.05) is 20.8 Å². The van der Waals surface area contributed by atoms with Gasteiger partial charge < -0.3 is 9.29 Å². The third kappa shape index (κ3) is 4.35. The van der Waals surface area contributed by atoms with E-state index < -0.39 is 22.5 Å². The number of alkyl halides is 1. The summed E-state index contributed by atoms with van der Waals surface area (Å²) in [6.45, 7) is 11.6. The van der Waals surface area contributed by atoms with Crippen molar-refractivity contribution in [3.05, 3.63) is 33.8 Å². The predicted octanol–water partition coefficient (Wildman–Crippen LogP) is 6.01. The van der Waals surface area contributed by atoms with Crippen molar-refractivity contribution in [1.29, 1.82) is 0 Å². The molecule has 3 nitrogen and oxygen atoms in total. The largest absolute Gasteiger partial charge is 0.591 e. The highest BCUT2D eigenvalue weighted by Crippen LogP contribution is 2.52. The Hall–Kier alpha value is -0.430. The number of halogens is 2. The molecular weight excluding hydrogens is 441 g/mol. The first-order valence-electron chi connectivity index (χ1n) is 10.0. The molecule has 28 heavy (non-hydrogen) atoms. The molecule has 156 valence electrons. The molecule has 2 aliphatic rings. The average molecular weight is 472 g/mol. The van der Waals surface area contributed by atoms with E-state index in [9.17, 15) is 8.94 Å². The van der Waals surface area contributed by atoms with Crippen LogP contribution in [-0.4, -0.2) is 27.5 Å². The summed E-state index contributed by atoms with van der Waals surface area (Å²) < 4.78 is 37.5. The van der Waals surface area contributed by atoms with Crippen LogP contribution in [0, 0.1) is 17.3 Å². The van der Waals surface area contributed by atoms with Crippen LogP contribution in [-0.2, 0) is 22.5 Å². The molecule has 1 saturated carbocycles. The standard InChI is InChI=1S/C22H31BrFNO2S/c1-13-10-22(11-14(2)19(13)27-15(3)24)12-16-7-8-17(23)9-18(16)20(22)25-28(26)21(4,5)6/h7-9,13-15,19H,10-12H2,1-6H3/t13-,14+,15?,19?,22?,28?. The fourth-order valence-corrected chi connectivity index (χ4v) is 6.05. The minimum absolute atomic E-state index is 0.101. The van der Waals surface area contributed by atoms with Crippen molar-refractivity contribution in [2.24, 2.45) is 21.6 Å². The number of hydrogen-bond donors (Lipinski definition) is 0. The highest BCUT2D eigenvalue weighted by Gasteiger charge is 2.52. The molecule has 3 rings (SSSR count). The number of nitrogens with zero attached hydrogens (tertiary/aromatic N) is 1. The molecule has 6 heteroatoms. The molecule has 2 aliphatic carbocycles. The Morgan fingerprint density at radius 2 is 1.89 bits per heavy atom. The van der Waals surface area contributed by atoms with E-state index in [1.54, 1.807) is 0 Å². The van der Waals surface area contributed by atoms with Crippen LogP contribution in [0.25, 0.3) is 0 Å². The van der Waals surface area contributed by atoms with Crippen molar-refractivity contribution in [2.45, 2.75) is 78.0 Å². The fraction of sp³-hybridized carbons (Fsp3) is 0.682. The molecule has 0 aromatic heterocycles. The molecule has 0 heterocycles. The number of hydrogen-bond acceptors (Lipinski definition) is 3. The quantitative estimate of drug-likeness (QED) is 0.506. The molecule has 6 atom stereocenters. The van der Waals surface area contributed by atoms with Gasteiger partial charge in [0.25, 0.3) is 0 Å². The molecule has 1 spiro atoms. The molecule has 1 aromatic rings. The van der Waals surface area contributed by atoms with Crippen LogP contribution in [0.15, 0.2) is 27.1 Å². The predicted molar refractivity (Wildman–Crippen MR) is 118 cm³/mol. The number of fused-ring (bicyclic) bond motifs is 1. The summed E-state index contributed by atoms with van der Waals surface area (Å²) in [6.07, 6.45) is 1.25. The normalized spacial score (nSPS) is 33.9. The first kappa shape index (κ1) is 22.3.